The maximum Gasteiger partial charge on any atom is 0.228 e. The van der Waals surface area contributed by atoms with E-state index in [0.717, 1.165) is 53.9 Å². The quantitative estimate of drug-likeness (QED) is 0.707. The number of fused-ring (bicyclic) bond motifs is 1. The number of aromatic nitrogens is 2. The van der Waals surface area contributed by atoms with Crippen molar-refractivity contribution >= 4 is 38.8 Å². The highest BCUT2D eigenvalue weighted by atomic mass is 32.1. The van der Waals surface area contributed by atoms with Crippen LogP contribution < -0.4 is 0 Å². The maximum atomic E-state index is 12.4. The summed E-state index contributed by atoms with van der Waals surface area (Å²) in [6.45, 7) is 6.21. The summed E-state index contributed by atoms with van der Waals surface area (Å²) in [5, 5.41) is 4.15. The SMILES string of the molecule is Cc1nc(CC(=O)N2CCN(Cc3nc4ccccc4s3)CC2)cs1. The van der Waals surface area contributed by atoms with Crippen LogP contribution in [0.2, 0.25) is 0 Å². The van der Waals surface area contributed by atoms with Gasteiger partial charge in [0.25, 0.3) is 0 Å². The molecule has 1 fully saturated rings. The smallest absolute Gasteiger partial charge is 0.228 e. The summed E-state index contributed by atoms with van der Waals surface area (Å²) >= 11 is 3.36. The van der Waals surface area contributed by atoms with Crippen LogP contribution in [0.15, 0.2) is 29.6 Å². The zero-order valence-electron chi connectivity index (χ0n) is 14.1. The standard InChI is InChI=1S/C18H20N4OS2/c1-13-19-14(12-24-13)10-18(23)22-8-6-21(7-9-22)11-17-20-15-4-2-3-5-16(15)25-17/h2-5,12H,6-11H2,1H3. The van der Waals surface area contributed by atoms with Crippen molar-refractivity contribution in [3.63, 3.8) is 0 Å². The first kappa shape index (κ1) is 16.6. The molecular formula is C18H20N4OS2. The zero-order valence-corrected chi connectivity index (χ0v) is 15.8. The van der Waals surface area contributed by atoms with Crippen molar-refractivity contribution in [3.05, 3.63) is 45.4 Å². The Labute approximate surface area is 154 Å². The third-order valence-corrected chi connectivity index (χ3v) is 6.26. The minimum absolute atomic E-state index is 0.185. The van der Waals surface area contributed by atoms with Gasteiger partial charge in [-0.3, -0.25) is 9.69 Å². The van der Waals surface area contributed by atoms with Gasteiger partial charge in [-0.25, -0.2) is 9.97 Å². The number of nitrogens with zero attached hydrogens (tertiary/aromatic N) is 4. The largest absolute Gasteiger partial charge is 0.340 e. The summed E-state index contributed by atoms with van der Waals surface area (Å²) in [4.78, 5) is 25.9. The van der Waals surface area contributed by atoms with Gasteiger partial charge >= 0.3 is 0 Å². The number of thiazole rings is 2. The van der Waals surface area contributed by atoms with E-state index in [1.165, 1.54) is 4.70 Å². The fourth-order valence-electron chi connectivity index (χ4n) is 3.09. The number of carbonyl (C=O) groups excluding carboxylic acids is 1. The average Bonchev–Trinajstić information content (AvgIpc) is 3.20. The molecule has 2 aromatic heterocycles. The van der Waals surface area contributed by atoms with Gasteiger partial charge in [0, 0.05) is 31.6 Å². The number of benzene rings is 1. The van der Waals surface area contributed by atoms with Gasteiger partial charge in [0.2, 0.25) is 5.91 Å². The molecule has 0 radical (unpaired) electrons. The van der Waals surface area contributed by atoms with Crippen molar-refractivity contribution in [3.8, 4) is 0 Å². The second-order valence-corrected chi connectivity index (χ2v) is 8.44. The van der Waals surface area contributed by atoms with Crippen LogP contribution in [0.5, 0.6) is 0 Å². The Hall–Kier alpha value is -1.83. The Morgan fingerprint density at radius 1 is 1.16 bits per heavy atom. The highest BCUT2D eigenvalue weighted by molar-refractivity contribution is 7.18. The minimum Gasteiger partial charge on any atom is -0.340 e. The minimum atomic E-state index is 0.185. The van der Waals surface area contributed by atoms with Crippen LogP contribution in [-0.4, -0.2) is 51.9 Å². The Morgan fingerprint density at radius 3 is 2.68 bits per heavy atom. The summed E-state index contributed by atoms with van der Waals surface area (Å²) in [6.07, 6.45) is 0.419. The van der Waals surface area contributed by atoms with Gasteiger partial charge in [-0.2, -0.15) is 0 Å². The predicted octanol–water partition coefficient (Wildman–Crippen LogP) is 2.95. The lowest BCUT2D eigenvalue weighted by Crippen LogP contribution is -2.48. The zero-order chi connectivity index (χ0) is 17.2. The van der Waals surface area contributed by atoms with Crippen LogP contribution in [0, 0.1) is 6.92 Å². The lowest BCUT2D eigenvalue weighted by molar-refractivity contribution is -0.132. The van der Waals surface area contributed by atoms with Crippen molar-refractivity contribution in [1.82, 2.24) is 19.8 Å². The topological polar surface area (TPSA) is 49.3 Å². The molecule has 0 unspecified atom stereocenters. The van der Waals surface area contributed by atoms with Crippen molar-refractivity contribution in [2.45, 2.75) is 19.9 Å². The lowest BCUT2D eigenvalue weighted by Gasteiger charge is -2.34. The molecule has 25 heavy (non-hydrogen) atoms. The van der Waals surface area contributed by atoms with E-state index in [1.54, 1.807) is 22.7 Å². The first-order valence-electron chi connectivity index (χ1n) is 8.43. The predicted molar refractivity (Wildman–Crippen MR) is 102 cm³/mol. The molecule has 1 aliphatic rings. The number of piperazine rings is 1. The number of amides is 1. The van der Waals surface area contributed by atoms with Crippen molar-refractivity contribution in [2.75, 3.05) is 26.2 Å². The first-order valence-corrected chi connectivity index (χ1v) is 10.1. The van der Waals surface area contributed by atoms with Crippen LogP contribution >= 0.6 is 22.7 Å². The van der Waals surface area contributed by atoms with Gasteiger partial charge in [0.15, 0.2) is 0 Å². The first-order chi connectivity index (χ1) is 12.2. The van der Waals surface area contributed by atoms with Crippen molar-refractivity contribution in [2.24, 2.45) is 0 Å². The number of hydrogen-bond donors (Lipinski definition) is 0. The Balaban J connectivity index is 1.31. The molecule has 1 aliphatic heterocycles. The molecule has 1 aromatic carbocycles. The molecule has 3 heterocycles. The molecule has 0 aliphatic carbocycles. The van der Waals surface area contributed by atoms with Crippen LogP contribution in [0.1, 0.15) is 15.7 Å². The fourth-order valence-corrected chi connectivity index (χ4v) is 4.71. The van der Waals surface area contributed by atoms with Gasteiger partial charge in [-0.15, -0.1) is 22.7 Å². The molecule has 1 amide bonds. The number of carbonyl (C=O) groups is 1. The monoisotopic (exact) mass is 372 g/mol. The summed E-state index contributed by atoms with van der Waals surface area (Å²) in [5.74, 6) is 0.185. The van der Waals surface area contributed by atoms with E-state index in [2.05, 4.69) is 28.1 Å². The van der Waals surface area contributed by atoms with Gasteiger partial charge in [0.1, 0.15) is 5.01 Å². The lowest BCUT2D eigenvalue weighted by atomic mass is 10.2. The highest BCUT2D eigenvalue weighted by Gasteiger charge is 2.22. The van der Waals surface area contributed by atoms with E-state index >= 15 is 0 Å². The number of para-hydroxylation sites is 1. The summed E-state index contributed by atoms with van der Waals surface area (Å²) < 4.78 is 1.24. The van der Waals surface area contributed by atoms with E-state index in [4.69, 9.17) is 4.98 Å². The third-order valence-electron chi connectivity index (χ3n) is 4.42. The Morgan fingerprint density at radius 2 is 1.96 bits per heavy atom. The molecule has 0 atom stereocenters. The summed E-state index contributed by atoms with van der Waals surface area (Å²) in [7, 11) is 0. The maximum absolute atomic E-state index is 12.4. The molecule has 3 aromatic rings. The fraction of sp³-hybridized carbons (Fsp3) is 0.389. The highest BCUT2D eigenvalue weighted by Crippen LogP contribution is 2.23. The van der Waals surface area contributed by atoms with E-state index in [-0.39, 0.29) is 5.91 Å². The molecule has 130 valence electrons. The van der Waals surface area contributed by atoms with Crippen LogP contribution in [0.3, 0.4) is 0 Å². The molecule has 0 spiro atoms. The second kappa shape index (κ2) is 7.19. The molecule has 4 rings (SSSR count). The molecule has 7 heteroatoms. The van der Waals surface area contributed by atoms with Gasteiger partial charge in [-0.05, 0) is 19.1 Å². The van der Waals surface area contributed by atoms with Crippen molar-refractivity contribution in [1.29, 1.82) is 0 Å². The van der Waals surface area contributed by atoms with Gasteiger partial charge in [0.05, 0.1) is 33.9 Å². The molecule has 0 N–H and O–H groups in total. The molecule has 0 saturated carbocycles. The normalized spacial score (nSPS) is 15.8. The second-order valence-electron chi connectivity index (χ2n) is 6.27. The number of aryl methyl sites for hydroxylation is 1. The van der Waals surface area contributed by atoms with E-state index < -0.39 is 0 Å². The Bertz CT molecular complexity index is 847. The number of hydrogen-bond acceptors (Lipinski definition) is 6. The number of rotatable bonds is 4. The van der Waals surface area contributed by atoms with Gasteiger partial charge in [-0.1, -0.05) is 12.1 Å². The average molecular weight is 373 g/mol. The van der Waals surface area contributed by atoms with Crippen LogP contribution in [-0.2, 0) is 17.8 Å². The molecule has 5 nitrogen and oxygen atoms in total. The Kier molecular flexibility index (Phi) is 4.78. The van der Waals surface area contributed by atoms with Gasteiger partial charge < -0.3 is 4.90 Å². The van der Waals surface area contributed by atoms with E-state index in [0.29, 0.717) is 6.42 Å². The van der Waals surface area contributed by atoms with Crippen LogP contribution in [0.25, 0.3) is 10.2 Å². The molecule has 0 bridgehead atoms. The summed E-state index contributed by atoms with van der Waals surface area (Å²) in [5.41, 5.74) is 1.97. The van der Waals surface area contributed by atoms with E-state index in [9.17, 15) is 4.79 Å². The molecular weight excluding hydrogens is 352 g/mol. The summed E-state index contributed by atoms with van der Waals surface area (Å²) in [6, 6.07) is 8.26. The van der Waals surface area contributed by atoms with Crippen molar-refractivity contribution < 1.29 is 4.79 Å². The van der Waals surface area contributed by atoms with Crippen LogP contribution in [0.4, 0.5) is 0 Å². The van der Waals surface area contributed by atoms with E-state index in [1.807, 2.05) is 23.3 Å². The molecule has 1 saturated heterocycles. The third kappa shape index (κ3) is 3.89.